The van der Waals surface area contributed by atoms with Gasteiger partial charge in [0.1, 0.15) is 0 Å². The quantitative estimate of drug-likeness (QED) is 0.785. The van der Waals surface area contributed by atoms with Gasteiger partial charge in [0.15, 0.2) is 5.13 Å². The van der Waals surface area contributed by atoms with E-state index in [-0.39, 0.29) is 0 Å². The second-order valence-electron chi connectivity index (χ2n) is 2.25. The van der Waals surface area contributed by atoms with Gasteiger partial charge in [-0.2, -0.15) is 0 Å². The van der Waals surface area contributed by atoms with Crippen LogP contribution in [0.3, 0.4) is 0 Å². The van der Waals surface area contributed by atoms with Gasteiger partial charge in [-0.15, -0.1) is 11.3 Å². The molecule has 0 fully saturated rings. The standard InChI is InChI=1S/C7H10N2O2S/c1-2-4-9(7(10)11)6-8-3-5-12-6/h3,5H,2,4H2,1H3,(H,10,11). The van der Waals surface area contributed by atoms with Crippen molar-refractivity contribution < 1.29 is 9.90 Å². The summed E-state index contributed by atoms with van der Waals surface area (Å²) in [7, 11) is 0. The number of carbonyl (C=O) groups is 1. The highest BCUT2D eigenvalue weighted by molar-refractivity contribution is 7.13. The van der Waals surface area contributed by atoms with E-state index < -0.39 is 6.09 Å². The Bertz CT molecular complexity index is 248. The molecule has 12 heavy (non-hydrogen) atoms. The molecule has 1 rings (SSSR count). The fourth-order valence-electron chi connectivity index (χ4n) is 0.846. The van der Waals surface area contributed by atoms with E-state index in [2.05, 4.69) is 4.98 Å². The van der Waals surface area contributed by atoms with Crippen molar-refractivity contribution in [2.45, 2.75) is 13.3 Å². The van der Waals surface area contributed by atoms with Crippen LogP contribution in [0.25, 0.3) is 0 Å². The Balaban J connectivity index is 2.73. The molecule has 5 heteroatoms. The Hall–Kier alpha value is -1.10. The van der Waals surface area contributed by atoms with Gasteiger partial charge in [-0.05, 0) is 6.42 Å². The van der Waals surface area contributed by atoms with Gasteiger partial charge < -0.3 is 5.11 Å². The Morgan fingerprint density at radius 3 is 3.00 bits per heavy atom. The Kier molecular flexibility index (Phi) is 3.04. The topological polar surface area (TPSA) is 53.4 Å². The first-order valence-corrected chi connectivity index (χ1v) is 4.53. The molecule has 0 saturated heterocycles. The van der Waals surface area contributed by atoms with Gasteiger partial charge in [-0.1, -0.05) is 6.92 Å². The second-order valence-corrected chi connectivity index (χ2v) is 3.12. The molecule has 0 aliphatic rings. The van der Waals surface area contributed by atoms with Crippen molar-refractivity contribution in [1.29, 1.82) is 0 Å². The summed E-state index contributed by atoms with van der Waals surface area (Å²) in [5.41, 5.74) is 0. The molecule has 1 N–H and O–H groups in total. The summed E-state index contributed by atoms with van der Waals surface area (Å²) >= 11 is 1.33. The third-order valence-electron chi connectivity index (χ3n) is 1.33. The first-order valence-electron chi connectivity index (χ1n) is 3.65. The summed E-state index contributed by atoms with van der Waals surface area (Å²) in [6.45, 7) is 2.44. The first-order chi connectivity index (χ1) is 5.75. The number of rotatable bonds is 3. The minimum absolute atomic E-state index is 0.503. The highest BCUT2D eigenvalue weighted by Gasteiger charge is 2.14. The third-order valence-corrected chi connectivity index (χ3v) is 2.12. The molecule has 0 saturated carbocycles. The number of carboxylic acid groups (broad SMARTS) is 1. The van der Waals surface area contributed by atoms with Crippen LogP contribution in [-0.4, -0.2) is 22.7 Å². The monoisotopic (exact) mass is 186 g/mol. The summed E-state index contributed by atoms with van der Waals surface area (Å²) in [5, 5.41) is 11.1. The lowest BCUT2D eigenvalue weighted by atomic mass is 10.4. The summed E-state index contributed by atoms with van der Waals surface area (Å²) in [6.07, 6.45) is 1.46. The normalized spacial score (nSPS) is 9.75. The van der Waals surface area contributed by atoms with Crippen molar-refractivity contribution in [2.24, 2.45) is 0 Å². The number of hydrogen-bond acceptors (Lipinski definition) is 3. The van der Waals surface area contributed by atoms with Crippen LogP contribution in [0.1, 0.15) is 13.3 Å². The van der Waals surface area contributed by atoms with E-state index in [1.165, 1.54) is 16.2 Å². The van der Waals surface area contributed by atoms with Crippen LogP contribution in [0.4, 0.5) is 9.93 Å². The van der Waals surface area contributed by atoms with E-state index in [1.807, 2.05) is 6.92 Å². The van der Waals surface area contributed by atoms with Crippen molar-refractivity contribution in [3.63, 3.8) is 0 Å². The van der Waals surface area contributed by atoms with E-state index >= 15 is 0 Å². The fourth-order valence-corrected chi connectivity index (χ4v) is 1.51. The molecule has 0 atom stereocenters. The minimum Gasteiger partial charge on any atom is -0.465 e. The Labute approximate surface area is 74.5 Å². The molecule has 0 aromatic carbocycles. The predicted octanol–water partition coefficient (Wildman–Crippen LogP) is 2.04. The van der Waals surface area contributed by atoms with Crippen molar-refractivity contribution in [2.75, 3.05) is 11.4 Å². The number of thiazole rings is 1. The first kappa shape index (κ1) is 8.99. The molecule has 1 aromatic heterocycles. The van der Waals surface area contributed by atoms with Gasteiger partial charge in [0.25, 0.3) is 0 Å². The number of anilines is 1. The lowest BCUT2D eigenvalue weighted by Gasteiger charge is -2.13. The van der Waals surface area contributed by atoms with Crippen molar-refractivity contribution in [3.05, 3.63) is 11.6 Å². The van der Waals surface area contributed by atoms with Crippen LogP contribution in [0.15, 0.2) is 11.6 Å². The number of hydrogen-bond donors (Lipinski definition) is 1. The Morgan fingerprint density at radius 1 is 1.83 bits per heavy atom. The number of nitrogens with zero attached hydrogens (tertiary/aromatic N) is 2. The second kappa shape index (κ2) is 4.06. The highest BCUT2D eigenvalue weighted by Crippen LogP contribution is 2.17. The van der Waals surface area contributed by atoms with Crippen LogP contribution in [0.2, 0.25) is 0 Å². The van der Waals surface area contributed by atoms with Crippen LogP contribution in [0.5, 0.6) is 0 Å². The number of aromatic nitrogens is 1. The largest absolute Gasteiger partial charge is 0.465 e. The van der Waals surface area contributed by atoms with Crippen LogP contribution < -0.4 is 4.90 Å². The zero-order chi connectivity index (χ0) is 8.97. The van der Waals surface area contributed by atoms with Gasteiger partial charge >= 0.3 is 6.09 Å². The average molecular weight is 186 g/mol. The summed E-state index contributed by atoms with van der Waals surface area (Å²) in [4.78, 5) is 15.9. The Morgan fingerprint density at radius 2 is 2.58 bits per heavy atom. The maximum atomic E-state index is 10.7. The molecule has 0 unspecified atom stereocenters. The van der Waals surface area contributed by atoms with Crippen molar-refractivity contribution in [1.82, 2.24) is 4.98 Å². The van der Waals surface area contributed by atoms with Gasteiger partial charge in [-0.3, -0.25) is 4.90 Å². The van der Waals surface area contributed by atoms with Crippen molar-refractivity contribution >= 4 is 22.6 Å². The lowest BCUT2D eigenvalue weighted by Crippen LogP contribution is -2.29. The molecule has 1 heterocycles. The molecule has 0 aliphatic heterocycles. The van der Waals surface area contributed by atoms with Gasteiger partial charge in [0.05, 0.1) is 0 Å². The molecule has 0 aliphatic carbocycles. The van der Waals surface area contributed by atoms with Crippen molar-refractivity contribution in [3.8, 4) is 0 Å². The molecule has 4 nitrogen and oxygen atoms in total. The van der Waals surface area contributed by atoms with E-state index in [4.69, 9.17) is 5.11 Å². The fraction of sp³-hybridized carbons (Fsp3) is 0.429. The average Bonchev–Trinajstić information content (AvgIpc) is 2.51. The minimum atomic E-state index is -0.938. The van der Waals surface area contributed by atoms with Gasteiger partial charge in [0, 0.05) is 18.1 Å². The third kappa shape index (κ3) is 1.94. The molecular weight excluding hydrogens is 176 g/mol. The predicted molar refractivity (Wildman–Crippen MR) is 47.8 cm³/mol. The molecule has 66 valence electrons. The molecule has 0 radical (unpaired) electrons. The molecular formula is C7H10N2O2S. The summed E-state index contributed by atoms with van der Waals surface area (Å²) in [6, 6.07) is 0. The van der Waals surface area contributed by atoms with Gasteiger partial charge in [0.2, 0.25) is 0 Å². The maximum absolute atomic E-state index is 10.7. The smallest absolute Gasteiger partial charge is 0.413 e. The number of amides is 1. The zero-order valence-electron chi connectivity index (χ0n) is 6.73. The summed E-state index contributed by atoms with van der Waals surface area (Å²) < 4.78 is 0. The van der Waals surface area contributed by atoms with Crippen LogP contribution >= 0.6 is 11.3 Å². The van der Waals surface area contributed by atoms with E-state index in [1.54, 1.807) is 11.6 Å². The molecule has 1 aromatic rings. The van der Waals surface area contributed by atoms with E-state index in [0.717, 1.165) is 6.42 Å². The molecule has 0 bridgehead atoms. The van der Waals surface area contributed by atoms with Gasteiger partial charge in [-0.25, -0.2) is 9.78 Å². The zero-order valence-corrected chi connectivity index (χ0v) is 7.54. The summed E-state index contributed by atoms with van der Waals surface area (Å²) in [5.74, 6) is 0. The van der Waals surface area contributed by atoms with Crippen LogP contribution in [-0.2, 0) is 0 Å². The SMILES string of the molecule is CCCN(C(=O)O)c1nccs1. The van der Waals surface area contributed by atoms with E-state index in [9.17, 15) is 4.79 Å². The molecule has 0 spiro atoms. The van der Waals surface area contributed by atoms with Crippen LogP contribution in [0, 0.1) is 0 Å². The lowest BCUT2D eigenvalue weighted by molar-refractivity contribution is 0.202. The highest BCUT2D eigenvalue weighted by atomic mass is 32.1. The van der Waals surface area contributed by atoms with E-state index in [0.29, 0.717) is 11.7 Å². The maximum Gasteiger partial charge on any atom is 0.413 e. The molecule has 1 amide bonds.